The van der Waals surface area contributed by atoms with E-state index in [0.29, 0.717) is 19.5 Å². The summed E-state index contributed by atoms with van der Waals surface area (Å²) in [5.74, 6) is 1.69. The Bertz CT molecular complexity index is 2410. The molecule has 0 saturated carbocycles. The minimum absolute atomic E-state index is 0.0262. The summed E-state index contributed by atoms with van der Waals surface area (Å²) in [5, 5.41) is 2.86. The van der Waals surface area contributed by atoms with Crippen LogP contribution >= 0.6 is 0 Å². The van der Waals surface area contributed by atoms with Gasteiger partial charge in [0.1, 0.15) is 17.7 Å². The maximum atomic E-state index is 14.2. The highest BCUT2D eigenvalue weighted by Crippen LogP contribution is 2.37. The highest BCUT2D eigenvalue weighted by atomic mass is 16.5. The monoisotopic (exact) mass is 832 g/mol. The molecule has 4 heterocycles. The summed E-state index contributed by atoms with van der Waals surface area (Å²) >= 11 is 0. The number of aromatic amines is 2. The van der Waals surface area contributed by atoms with Crippen LogP contribution in [-0.4, -0.2) is 91.9 Å². The molecule has 6 aromatic rings. The maximum Gasteiger partial charge on any atom is 0.407 e. The number of carbonyl (C=O) groups is 3. The van der Waals surface area contributed by atoms with E-state index in [4.69, 9.17) is 14.7 Å². The van der Waals surface area contributed by atoms with E-state index >= 15 is 0 Å². The van der Waals surface area contributed by atoms with E-state index in [1.807, 2.05) is 70.7 Å². The predicted molar refractivity (Wildman–Crippen MR) is 241 cm³/mol. The summed E-state index contributed by atoms with van der Waals surface area (Å²) in [7, 11) is 1.33. The van der Waals surface area contributed by atoms with Crippen LogP contribution in [0.5, 0.6) is 0 Å². The second-order valence-electron chi connectivity index (χ2n) is 16.2. The van der Waals surface area contributed by atoms with Crippen LogP contribution in [0, 0.1) is 0 Å². The summed E-state index contributed by atoms with van der Waals surface area (Å²) in [6, 6.07) is 35.8. The number of aromatic nitrogens is 4. The quantitative estimate of drug-likeness (QED) is 0.0940. The molecular formula is C50H56N8O4. The Morgan fingerprint density at radius 2 is 1.21 bits per heavy atom. The first-order chi connectivity index (χ1) is 30.3. The van der Waals surface area contributed by atoms with E-state index < -0.39 is 12.1 Å². The molecule has 0 radical (unpaired) electrons. The van der Waals surface area contributed by atoms with Gasteiger partial charge in [-0.3, -0.25) is 14.5 Å². The number of rotatable bonds is 15. The summed E-state index contributed by atoms with van der Waals surface area (Å²) in [6.45, 7) is 7.16. The standard InChI is InChI=1S/C50H56N8O4/c1-4-56(5-2)46(39-16-10-7-11-17-39)49(60)58-29-13-19-44(58)48-52-33-42(55-48)38-26-22-36(23-27-38)35-20-24-37(25-21-35)41-32-51-47(54-41)43-18-12-28-57(43)45(59)31-40(53-50(61)62-3)30-34-14-8-6-9-15-34/h6-11,14-17,20-27,32-33,40,43-44,46H,4-5,12-13,18-19,28-31H2,1-3H3,(H,51,54)(H,52,55)(H,53,61)/t40-,43-,44-,46+/m0/s1. The molecule has 0 spiro atoms. The Balaban J connectivity index is 0.906. The van der Waals surface area contributed by atoms with E-state index in [1.165, 1.54) is 7.11 Å². The van der Waals surface area contributed by atoms with Crippen molar-refractivity contribution in [2.24, 2.45) is 0 Å². The molecule has 2 saturated heterocycles. The van der Waals surface area contributed by atoms with E-state index in [-0.39, 0.29) is 36.4 Å². The zero-order chi connectivity index (χ0) is 43.0. The number of hydrogen-bond donors (Lipinski definition) is 3. The lowest BCUT2D eigenvalue weighted by Gasteiger charge is -2.34. The lowest BCUT2D eigenvalue weighted by Crippen LogP contribution is -2.43. The molecule has 4 atom stereocenters. The number of hydrogen-bond acceptors (Lipinski definition) is 7. The Labute approximate surface area is 363 Å². The number of alkyl carbamates (subject to hydrolysis) is 1. The number of nitrogens with one attached hydrogen (secondary N) is 3. The number of likely N-dealkylation sites (N-methyl/N-ethyl adjacent to an activating group) is 1. The van der Waals surface area contributed by atoms with Crippen molar-refractivity contribution in [1.82, 2.24) is 40.0 Å². The first-order valence-corrected chi connectivity index (χ1v) is 21.9. The molecule has 3 amide bonds. The van der Waals surface area contributed by atoms with Crippen LogP contribution in [0.2, 0.25) is 0 Å². The van der Waals surface area contributed by atoms with Crippen molar-refractivity contribution in [3.05, 3.63) is 144 Å². The van der Waals surface area contributed by atoms with Crippen molar-refractivity contribution in [2.75, 3.05) is 33.3 Å². The molecule has 320 valence electrons. The number of amides is 3. The topological polar surface area (TPSA) is 140 Å². The van der Waals surface area contributed by atoms with Crippen LogP contribution in [0.15, 0.2) is 122 Å². The number of carbonyl (C=O) groups excluding carboxylic acids is 3. The average Bonchev–Trinajstić information content (AvgIpc) is 4.16. The van der Waals surface area contributed by atoms with Gasteiger partial charge in [-0.05, 0) is 78.6 Å². The van der Waals surface area contributed by atoms with E-state index in [2.05, 4.69) is 94.7 Å². The summed E-state index contributed by atoms with van der Waals surface area (Å²) < 4.78 is 4.86. The van der Waals surface area contributed by atoms with Gasteiger partial charge in [0.05, 0.1) is 43.0 Å². The number of nitrogens with zero attached hydrogens (tertiary/aromatic N) is 5. The van der Waals surface area contributed by atoms with Crippen LogP contribution in [0.1, 0.15) is 86.9 Å². The fraction of sp³-hybridized carbons (Fsp3) is 0.340. The van der Waals surface area contributed by atoms with Gasteiger partial charge in [-0.1, -0.05) is 123 Å². The molecule has 0 bridgehead atoms. The lowest BCUT2D eigenvalue weighted by molar-refractivity contribution is -0.138. The van der Waals surface area contributed by atoms with Gasteiger partial charge in [0, 0.05) is 25.6 Å². The van der Waals surface area contributed by atoms with Crippen LogP contribution in [0.25, 0.3) is 33.6 Å². The zero-order valence-corrected chi connectivity index (χ0v) is 35.8. The molecule has 62 heavy (non-hydrogen) atoms. The molecule has 2 aromatic heterocycles. The molecular weight excluding hydrogens is 777 g/mol. The van der Waals surface area contributed by atoms with Crippen molar-refractivity contribution in [3.63, 3.8) is 0 Å². The molecule has 12 heteroatoms. The molecule has 2 aliphatic heterocycles. The fourth-order valence-corrected chi connectivity index (χ4v) is 9.17. The predicted octanol–water partition coefficient (Wildman–Crippen LogP) is 8.90. The molecule has 0 unspecified atom stereocenters. The van der Waals surface area contributed by atoms with Crippen molar-refractivity contribution in [1.29, 1.82) is 0 Å². The molecule has 3 N–H and O–H groups in total. The zero-order valence-electron chi connectivity index (χ0n) is 35.8. The van der Waals surface area contributed by atoms with Gasteiger partial charge < -0.3 is 29.8 Å². The summed E-state index contributed by atoms with van der Waals surface area (Å²) in [6.07, 6.45) is 7.35. The largest absolute Gasteiger partial charge is 0.453 e. The number of H-pyrrole nitrogens is 2. The number of benzene rings is 4. The number of likely N-dealkylation sites (tertiary alicyclic amines) is 2. The van der Waals surface area contributed by atoms with Crippen molar-refractivity contribution in [2.45, 2.75) is 76.5 Å². The van der Waals surface area contributed by atoms with Crippen LogP contribution in [0.3, 0.4) is 0 Å². The van der Waals surface area contributed by atoms with Gasteiger partial charge in [-0.15, -0.1) is 0 Å². The first-order valence-electron chi connectivity index (χ1n) is 21.9. The van der Waals surface area contributed by atoms with E-state index in [9.17, 15) is 14.4 Å². The third-order valence-electron chi connectivity index (χ3n) is 12.4. The van der Waals surface area contributed by atoms with E-state index in [0.717, 1.165) is 95.2 Å². The Morgan fingerprint density at radius 3 is 1.74 bits per heavy atom. The number of imidazole rings is 2. The second-order valence-corrected chi connectivity index (χ2v) is 16.2. The SMILES string of the molecule is CCN(CC)[C@@H](C(=O)N1CCC[C@H]1c1ncc(-c2ccc(-c3ccc(-c4cnc([C@@H]5CCCN5C(=O)C[C@H](Cc5ccccc5)NC(=O)OC)[nH]4)cc3)cc2)[nH]1)c1ccccc1. The van der Waals surface area contributed by atoms with E-state index in [1.54, 1.807) is 0 Å². The van der Waals surface area contributed by atoms with Crippen LogP contribution in [-0.2, 0) is 20.7 Å². The van der Waals surface area contributed by atoms with Gasteiger partial charge in [-0.25, -0.2) is 14.8 Å². The molecule has 0 aliphatic carbocycles. The van der Waals surface area contributed by atoms with Crippen LogP contribution in [0.4, 0.5) is 4.79 Å². The lowest BCUT2D eigenvalue weighted by atomic mass is 10.0. The molecule has 2 aliphatic rings. The third-order valence-corrected chi connectivity index (χ3v) is 12.4. The van der Waals surface area contributed by atoms with Gasteiger partial charge >= 0.3 is 6.09 Å². The molecule has 12 nitrogen and oxygen atoms in total. The summed E-state index contributed by atoms with van der Waals surface area (Å²) in [5.41, 5.74) is 8.08. The van der Waals surface area contributed by atoms with Gasteiger partial charge in [0.15, 0.2) is 0 Å². The number of ether oxygens (including phenoxy) is 1. The smallest absolute Gasteiger partial charge is 0.407 e. The molecule has 4 aromatic carbocycles. The average molecular weight is 833 g/mol. The highest BCUT2D eigenvalue weighted by molar-refractivity contribution is 5.84. The highest BCUT2D eigenvalue weighted by Gasteiger charge is 2.38. The molecule has 2 fully saturated rings. The van der Waals surface area contributed by atoms with Gasteiger partial charge in [-0.2, -0.15) is 0 Å². The van der Waals surface area contributed by atoms with Crippen molar-refractivity contribution in [3.8, 4) is 33.6 Å². The van der Waals surface area contributed by atoms with Gasteiger partial charge in [0.2, 0.25) is 11.8 Å². The second kappa shape index (κ2) is 19.5. The Hall–Kier alpha value is -6.53. The number of methoxy groups -OCH3 is 1. The third kappa shape index (κ3) is 9.35. The van der Waals surface area contributed by atoms with Crippen molar-refractivity contribution < 1.29 is 19.1 Å². The van der Waals surface area contributed by atoms with Crippen molar-refractivity contribution >= 4 is 17.9 Å². The normalized spacial score (nSPS) is 17.3. The minimum Gasteiger partial charge on any atom is -0.453 e. The Morgan fingerprint density at radius 1 is 0.710 bits per heavy atom. The fourth-order valence-electron chi connectivity index (χ4n) is 9.17. The first kappa shape index (κ1) is 42.2. The maximum absolute atomic E-state index is 14.2. The van der Waals surface area contributed by atoms with Gasteiger partial charge in [0.25, 0.3) is 0 Å². The Kier molecular flexibility index (Phi) is 13.2. The minimum atomic E-state index is -0.551. The summed E-state index contributed by atoms with van der Waals surface area (Å²) in [4.78, 5) is 62.9. The van der Waals surface area contributed by atoms with Crippen LogP contribution < -0.4 is 5.32 Å². The molecule has 8 rings (SSSR count).